The van der Waals surface area contributed by atoms with E-state index >= 15 is 0 Å². The van der Waals surface area contributed by atoms with Crippen LogP contribution in [0.25, 0.3) is 0 Å². The topological polar surface area (TPSA) is 86.1 Å². The van der Waals surface area contributed by atoms with Gasteiger partial charge in [0.1, 0.15) is 6.04 Å². The molecule has 152 valence electrons. The highest BCUT2D eigenvalue weighted by molar-refractivity contribution is 6.30. The lowest BCUT2D eigenvalue weighted by molar-refractivity contribution is -0.143. The molecule has 1 aromatic heterocycles. The van der Waals surface area contributed by atoms with Crippen molar-refractivity contribution in [3.63, 3.8) is 0 Å². The monoisotopic (exact) mass is 414 g/mol. The molecule has 8 heteroatoms. The summed E-state index contributed by atoms with van der Waals surface area (Å²) >= 11 is 5.89. The van der Waals surface area contributed by atoms with E-state index in [9.17, 15) is 9.59 Å². The van der Waals surface area contributed by atoms with E-state index in [-0.39, 0.29) is 17.8 Å². The normalized spacial score (nSPS) is 28.5. The Labute approximate surface area is 173 Å². The second-order valence-corrected chi connectivity index (χ2v) is 8.85. The first-order valence-corrected chi connectivity index (χ1v) is 10.5. The molecule has 1 amide bonds. The molecule has 0 saturated heterocycles. The van der Waals surface area contributed by atoms with E-state index < -0.39 is 6.04 Å². The van der Waals surface area contributed by atoms with Crippen LogP contribution in [0.4, 0.5) is 0 Å². The second kappa shape index (κ2) is 7.13. The van der Waals surface area contributed by atoms with Crippen LogP contribution < -0.4 is 5.32 Å². The summed E-state index contributed by atoms with van der Waals surface area (Å²) in [6, 6.07) is 6.32. The fraction of sp³-hybridized carbons (Fsp3) is 0.524. The van der Waals surface area contributed by atoms with Crippen LogP contribution in [0.15, 0.2) is 30.5 Å². The first-order chi connectivity index (χ1) is 14.0. The number of hydrogen-bond acceptors (Lipinski definition) is 5. The van der Waals surface area contributed by atoms with Gasteiger partial charge in [-0.1, -0.05) is 16.8 Å². The molecule has 5 atom stereocenters. The van der Waals surface area contributed by atoms with E-state index in [4.69, 9.17) is 16.3 Å². The minimum absolute atomic E-state index is 0.112. The van der Waals surface area contributed by atoms with Crippen LogP contribution in [0.2, 0.25) is 5.02 Å². The number of amides is 1. The van der Waals surface area contributed by atoms with Crippen molar-refractivity contribution in [1.82, 2.24) is 20.3 Å². The number of aromatic nitrogens is 3. The maximum absolute atomic E-state index is 12.6. The standard InChI is InChI=1S/C21H23ClN4O3/c1-29-21(28)19(23-20(27)12-4-6-13(22)7-5-12)18-15-8-14(9-16(15)18)26-10-17(24-25-26)11-2-3-11/h4-7,10-11,14-16,18-19H,2-3,8-9H2,1H3,(H,23,27)/t14?,15-,16+,18?,19?. The molecule has 1 N–H and O–H groups in total. The van der Waals surface area contributed by atoms with Gasteiger partial charge in [-0.05, 0) is 67.7 Å². The molecule has 3 aliphatic rings. The van der Waals surface area contributed by atoms with Gasteiger partial charge in [0.05, 0.1) is 18.8 Å². The summed E-state index contributed by atoms with van der Waals surface area (Å²) in [6.45, 7) is 0. The molecule has 7 nitrogen and oxygen atoms in total. The number of carbonyl (C=O) groups excluding carboxylic acids is 2. The number of fused-ring (bicyclic) bond motifs is 1. The SMILES string of the molecule is COC(=O)C(NC(=O)c1ccc(Cl)cc1)C1[C@H]2CC(n3cc(C4CC4)nn3)C[C@@H]12. The molecule has 3 aliphatic carbocycles. The summed E-state index contributed by atoms with van der Waals surface area (Å²) in [5.74, 6) is 0.816. The highest BCUT2D eigenvalue weighted by Crippen LogP contribution is 2.62. The van der Waals surface area contributed by atoms with Crippen molar-refractivity contribution in [3.8, 4) is 0 Å². The van der Waals surface area contributed by atoms with Crippen LogP contribution >= 0.6 is 11.6 Å². The van der Waals surface area contributed by atoms with Crippen LogP contribution in [0.3, 0.4) is 0 Å². The molecule has 1 heterocycles. The second-order valence-electron chi connectivity index (χ2n) is 8.41. The Bertz CT molecular complexity index is 928. The summed E-state index contributed by atoms with van der Waals surface area (Å²) in [4.78, 5) is 25.0. The van der Waals surface area contributed by atoms with Gasteiger partial charge in [-0.15, -0.1) is 5.10 Å². The van der Waals surface area contributed by atoms with Crippen LogP contribution in [0, 0.1) is 17.8 Å². The molecular formula is C21H23ClN4O3. The number of nitrogens with one attached hydrogen (secondary N) is 1. The zero-order valence-corrected chi connectivity index (χ0v) is 16.9. The van der Waals surface area contributed by atoms with Gasteiger partial charge in [0.25, 0.3) is 5.91 Å². The van der Waals surface area contributed by atoms with Crippen LogP contribution in [0.5, 0.6) is 0 Å². The number of ether oxygens (including phenoxy) is 1. The highest BCUT2D eigenvalue weighted by atomic mass is 35.5. The van der Waals surface area contributed by atoms with Gasteiger partial charge >= 0.3 is 5.97 Å². The molecule has 2 aromatic rings. The number of esters is 1. The molecule has 3 unspecified atom stereocenters. The highest BCUT2D eigenvalue weighted by Gasteiger charge is 2.61. The lowest BCUT2D eigenvalue weighted by Gasteiger charge is -2.21. The van der Waals surface area contributed by atoms with Gasteiger partial charge < -0.3 is 10.1 Å². The molecule has 5 rings (SSSR count). The van der Waals surface area contributed by atoms with Crippen LogP contribution in [0.1, 0.15) is 53.7 Å². The minimum atomic E-state index is -0.628. The van der Waals surface area contributed by atoms with Gasteiger partial charge in [-0.3, -0.25) is 4.79 Å². The van der Waals surface area contributed by atoms with Gasteiger partial charge in [-0.2, -0.15) is 0 Å². The van der Waals surface area contributed by atoms with Gasteiger partial charge in [-0.25, -0.2) is 9.48 Å². The van der Waals surface area contributed by atoms with Crippen molar-refractivity contribution >= 4 is 23.5 Å². The Kier molecular flexibility index (Phi) is 4.57. The Morgan fingerprint density at radius 1 is 1.21 bits per heavy atom. The third-order valence-electron chi connectivity index (χ3n) is 6.62. The third kappa shape index (κ3) is 3.52. The summed E-state index contributed by atoms with van der Waals surface area (Å²) in [5.41, 5.74) is 1.58. The number of rotatable bonds is 6. The van der Waals surface area contributed by atoms with E-state index in [0.29, 0.717) is 34.4 Å². The van der Waals surface area contributed by atoms with Crippen molar-refractivity contribution in [2.24, 2.45) is 17.8 Å². The van der Waals surface area contributed by atoms with E-state index in [0.717, 1.165) is 18.5 Å². The zero-order chi connectivity index (χ0) is 20.1. The molecule has 3 fully saturated rings. The predicted octanol–water partition coefficient (Wildman–Crippen LogP) is 2.98. The van der Waals surface area contributed by atoms with Gasteiger partial charge in [0.2, 0.25) is 0 Å². The smallest absolute Gasteiger partial charge is 0.328 e. The van der Waals surface area contributed by atoms with Crippen LogP contribution in [-0.4, -0.2) is 40.0 Å². The summed E-state index contributed by atoms with van der Waals surface area (Å²) < 4.78 is 6.98. The fourth-order valence-electron chi connectivity index (χ4n) is 4.87. The van der Waals surface area contributed by atoms with Crippen molar-refractivity contribution in [2.45, 2.75) is 43.7 Å². The Morgan fingerprint density at radius 2 is 1.90 bits per heavy atom. The number of carbonyl (C=O) groups is 2. The average Bonchev–Trinajstić information content (AvgIpc) is 3.58. The molecule has 0 aliphatic heterocycles. The summed E-state index contributed by atoms with van der Waals surface area (Å²) in [7, 11) is 1.36. The van der Waals surface area contributed by atoms with Crippen molar-refractivity contribution < 1.29 is 14.3 Å². The minimum Gasteiger partial charge on any atom is -0.467 e. The van der Waals surface area contributed by atoms with Crippen LogP contribution in [-0.2, 0) is 9.53 Å². The lowest BCUT2D eigenvalue weighted by atomic mass is 10.0. The van der Waals surface area contributed by atoms with E-state index in [1.165, 1.54) is 20.0 Å². The quantitative estimate of drug-likeness (QED) is 0.734. The molecule has 3 saturated carbocycles. The molecule has 0 bridgehead atoms. The Morgan fingerprint density at radius 3 is 2.52 bits per heavy atom. The number of hydrogen-bond donors (Lipinski definition) is 1. The number of nitrogens with zero attached hydrogens (tertiary/aromatic N) is 3. The molecule has 0 radical (unpaired) electrons. The maximum atomic E-state index is 12.6. The van der Waals surface area contributed by atoms with Crippen molar-refractivity contribution in [2.75, 3.05) is 7.11 Å². The first-order valence-electron chi connectivity index (χ1n) is 10.1. The fourth-order valence-corrected chi connectivity index (χ4v) is 5.00. The number of methoxy groups -OCH3 is 1. The summed E-state index contributed by atoms with van der Waals surface area (Å²) in [6.07, 6.45) is 6.41. The summed E-state index contributed by atoms with van der Waals surface area (Å²) in [5, 5.41) is 12.1. The molecular weight excluding hydrogens is 392 g/mol. The molecule has 1 aromatic carbocycles. The molecule has 0 spiro atoms. The van der Waals surface area contributed by atoms with E-state index in [2.05, 4.69) is 21.8 Å². The third-order valence-corrected chi connectivity index (χ3v) is 6.87. The lowest BCUT2D eigenvalue weighted by Crippen LogP contribution is -2.44. The van der Waals surface area contributed by atoms with E-state index in [1.807, 2.05) is 4.68 Å². The number of halogens is 1. The van der Waals surface area contributed by atoms with Crippen molar-refractivity contribution in [3.05, 3.63) is 46.7 Å². The van der Waals surface area contributed by atoms with Gasteiger partial charge in [0, 0.05) is 22.7 Å². The average molecular weight is 415 g/mol. The maximum Gasteiger partial charge on any atom is 0.328 e. The Balaban J connectivity index is 1.24. The van der Waals surface area contributed by atoms with E-state index in [1.54, 1.807) is 24.3 Å². The largest absolute Gasteiger partial charge is 0.467 e. The Hall–Kier alpha value is -2.41. The first kappa shape index (κ1) is 18.6. The zero-order valence-electron chi connectivity index (χ0n) is 16.1. The predicted molar refractivity (Wildman–Crippen MR) is 105 cm³/mol. The number of benzene rings is 1. The van der Waals surface area contributed by atoms with Gasteiger partial charge in [0.15, 0.2) is 0 Å². The molecule has 29 heavy (non-hydrogen) atoms. The van der Waals surface area contributed by atoms with Crippen molar-refractivity contribution in [1.29, 1.82) is 0 Å².